The maximum atomic E-state index is 6.86. The summed E-state index contributed by atoms with van der Waals surface area (Å²) in [6.45, 7) is 0. The fourth-order valence-electron chi connectivity index (χ4n) is 6.65. The van der Waals surface area contributed by atoms with Gasteiger partial charge in [0.15, 0.2) is 5.58 Å². The fourth-order valence-corrected chi connectivity index (χ4v) is 7.99. The van der Waals surface area contributed by atoms with Crippen LogP contribution in [0, 0.1) is 0 Å². The van der Waals surface area contributed by atoms with Crippen LogP contribution >= 0.6 is 22.9 Å². The van der Waals surface area contributed by atoms with Gasteiger partial charge in [-0.1, -0.05) is 103 Å². The van der Waals surface area contributed by atoms with Crippen molar-refractivity contribution in [2.24, 2.45) is 0 Å². The summed E-state index contributed by atoms with van der Waals surface area (Å²) in [4.78, 5) is 4.54. The Morgan fingerprint density at radius 3 is 1.70 bits per heavy atom. The Hall–Kier alpha value is -5.55. The Kier molecular flexibility index (Phi) is 6.70. The van der Waals surface area contributed by atoms with Crippen LogP contribution in [0.5, 0.6) is 0 Å². The predicted molar refractivity (Wildman–Crippen MR) is 201 cm³/mol. The van der Waals surface area contributed by atoms with E-state index < -0.39 is 0 Å². The number of fused-ring (bicyclic) bond motifs is 6. The number of thiophene rings is 1. The van der Waals surface area contributed by atoms with Gasteiger partial charge in [-0.3, -0.25) is 0 Å². The average Bonchev–Trinajstić information content (AvgIpc) is 3.68. The number of nitrogens with zero attached hydrogens (tertiary/aromatic N) is 2. The normalized spacial score (nSPS) is 11.5. The lowest BCUT2D eigenvalue weighted by atomic mass is 10.1. The number of hydrogen-bond acceptors (Lipinski definition) is 4. The van der Waals surface area contributed by atoms with E-state index in [1.807, 2.05) is 35.6 Å². The molecule has 0 saturated carbocycles. The van der Waals surface area contributed by atoms with E-state index in [9.17, 15) is 0 Å². The highest BCUT2D eigenvalue weighted by Crippen LogP contribution is 2.48. The first-order valence-electron chi connectivity index (χ1n) is 15.5. The molecule has 9 aromatic rings. The number of para-hydroxylation sites is 4. The zero-order valence-corrected chi connectivity index (χ0v) is 26.7. The molecule has 224 valence electrons. The Labute approximate surface area is 281 Å². The van der Waals surface area contributed by atoms with E-state index >= 15 is 0 Å². The largest absolute Gasteiger partial charge is 0.454 e. The summed E-state index contributed by atoms with van der Waals surface area (Å²) in [5.41, 5.74) is 7.64. The van der Waals surface area contributed by atoms with Crippen LogP contribution in [0.4, 0.5) is 34.1 Å². The van der Waals surface area contributed by atoms with Crippen molar-refractivity contribution in [3.05, 3.63) is 169 Å². The Morgan fingerprint density at radius 1 is 0.447 bits per heavy atom. The third-order valence-electron chi connectivity index (χ3n) is 8.67. The van der Waals surface area contributed by atoms with Crippen LogP contribution in [0.2, 0.25) is 5.02 Å². The molecule has 0 unspecified atom stereocenters. The van der Waals surface area contributed by atoms with Gasteiger partial charge in [-0.25, -0.2) is 0 Å². The number of furan rings is 1. The van der Waals surface area contributed by atoms with Crippen LogP contribution in [0.25, 0.3) is 42.1 Å². The molecular formula is C42H27ClN2OS. The number of halogens is 1. The summed E-state index contributed by atoms with van der Waals surface area (Å²) in [5.74, 6) is 0. The molecule has 0 spiro atoms. The van der Waals surface area contributed by atoms with Gasteiger partial charge in [0.05, 0.1) is 16.8 Å². The van der Waals surface area contributed by atoms with E-state index in [0.29, 0.717) is 5.02 Å². The highest BCUT2D eigenvalue weighted by Gasteiger charge is 2.24. The highest BCUT2D eigenvalue weighted by molar-refractivity contribution is 7.25. The lowest BCUT2D eigenvalue weighted by Crippen LogP contribution is -2.10. The molecule has 0 atom stereocenters. The van der Waals surface area contributed by atoms with Crippen LogP contribution in [-0.4, -0.2) is 0 Å². The van der Waals surface area contributed by atoms with Crippen molar-refractivity contribution >= 4 is 99.2 Å². The topological polar surface area (TPSA) is 19.6 Å². The molecule has 0 N–H and O–H groups in total. The molecule has 2 heterocycles. The van der Waals surface area contributed by atoms with E-state index in [-0.39, 0.29) is 0 Å². The summed E-state index contributed by atoms with van der Waals surface area (Å²) >= 11 is 8.68. The zero-order valence-electron chi connectivity index (χ0n) is 25.2. The summed E-state index contributed by atoms with van der Waals surface area (Å²) < 4.78 is 9.37. The van der Waals surface area contributed by atoms with Crippen molar-refractivity contribution in [1.82, 2.24) is 0 Å². The van der Waals surface area contributed by atoms with Crippen molar-refractivity contribution in [2.45, 2.75) is 0 Å². The maximum Gasteiger partial charge on any atom is 0.159 e. The Bertz CT molecular complexity index is 2500. The molecule has 0 amide bonds. The van der Waals surface area contributed by atoms with E-state index in [2.05, 4.69) is 149 Å². The van der Waals surface area contributed by atoms with Gasteiger partial charge in [-0.2, -0.15) is 0 Å². The quantitative estimate of drug-likeness (QED) is 0.180. The minimum absolute atomic E-state index is 0.611. The predicted octanol–water partition coefficient (Wildman–Crippen LogP) is 13.5. The van der Waals surface area contributed by atoms with Crippen LogP contribution in [0.3, 0.4) is 0 Å². The van der Waals surface area contributed by atoms with Gasteiger partial charge in [-0.15, -0.1) is 11.3 Å². The van der Waals surface area contributed by atoms with E-state index in [1.54, 1.807) is 0 Å². The minimum Gasteiger partial charge on any atom is -0.454 e. The maximum absolute atomic E-state index is 6.86. The van der Waals surface area contributed by atoms with Crippen molar-refractivity contribution in [1.29, 1.82) is 0 Å². The van der Waals surface area contributed by atoms with Crippen molar-refractivity contribution in [3.8, 4) is 0 Å². The van der Waals surface area contributed by atoms with Crippen molar-refractivity contribution < 1.29 is 4.42 Å². The van der Waals surface area contributed by atoms with E-state index in [1.165, 1.54) is 20.2 Å². The molecule has 47 heavy (non-hydrogen) atoms. The van der Waals surface area contributed by atoms with Crippen molar-refractivity contribution in [3.63, 3.8) is 0 Å². The van der Waals surface area contributed by atoms with E-state index in [4.69, 9.17) is 16.0 Å². The van der Waals surface area contributed by atoms with Crippen LogP contribution in [0.15, 0.2) is 168 Å². The molecule has 5 heteroatoms. The van der Waals surface area contributed by atoms with Gasteiger partial charge in [0.25, 0.3) is 0 Å². The molecule has 0 radical (unpaired) electrons. The van der Waals surface area contributed by atoms with Crippen LogP contribution in [0.1, 0.15) is 0 Å². The first-order chi connectivity index (χ1) is 23.2. The Morgan fingerprint density at radius 2 is 1.02 bits per heavy atom. The number of hydrogen-bond donors (Lipinski definition) is 0. The second-order valence-corrected chi connectivity index (χ2v) is 13.0. The molecule has 0 bridgehead atoms. The fraction of sp³-hybridized carbons (Fsp3) is 0. The summed E-state index contributed by atoms with van der Waals surface area (Å²) in [6.07, 6.45) is 0. The number of anilines is 6. The molecule has 0 fully saturated rings. The third kappa shape index (κ3) is 4.73. The third-order valence-corrected chi connectivity index (χ3v) is 10.0. The van der Waals surface area contributed by atoms with Gasteiger partial charge in [0.1, 0.15) is 5.58 Å². The van der Waals surface area contributed by atoms with Gasteiger partial charge >= 0.3 is 0 Å². The zero-order chi connectivity index (χ0) is 31.3. The monoisotopic (exact) mass is 642 g/mol. The van der Waals surface area contributed by atoms with Crippen LogP contribution in [-0.2, 0) is 0 Å². The smallest absolute Gasteiger partial charge is 0.159 e. The molecule has 0 aliphatic carbocycles. The summed E-state index contributed by atoms with van der Waals surface area (Å²) in [7, 11) is 0. The molecule has 7 aromatic carbocycles. The molecule has 0 aliphatic heterocycles. The molecule has 3 nitrogen and oxygen atoms in total. The van der Waals surface area contributed by atoms with Gasteiger partial charge in [0.2, 0.25) is 0 Å². The van der Waals surface area contributed by atoms with Gasteiger partial charge in [0, 0.05) is 59.4 Å². The van der Waals surface area contributed by atoms with Crippen LogP contribution < -0.4 is 9.80 Å². The second-order valence-electron chi connectivity index (χ2n) is 11.5. The van der Waals surface area contributed by atoms with Gasteiger partial charge < -0.3 is 14.2 Å². The lowest BCUT2D eigenvalue weighted by Gasteiger charge is -2.26. The van der Waals surface area contributed by atoms with Gasteiger partial charge in [-0.05, 0) is 66.7 Å². The molecule has 0 aliphatic rings. The molecule has 9 rings (SSSR count). The molecule has 2 aromatic heterocycles. The number of benzene rings is 7. The summed E-state index contributed by atoms with van der Waals surface area (Å²) in [6, 6.07) is 57.0. The standard InChI is InChI=1S/C42H27ClN2OS/c43-28-25-37(44(29-13-4-1-5-14-29)30-15-6-2-7-16-30)41-35-20-12-21-36(42(35)46-38(41)26-28)45(31-17-8-3-9-18-31)32-23-24-34-33-19-10-11-22-39(33)47-40(34)27-32/h1-27H. The SMILES string of the molecule is Clc1cc(N(c2ccccc2)c2ccccc2)c2c(c1)oc1c(N(c3ccccc3)c3ccc4c(c3)sc3ccccc34)cccc12. The first-order valence-corrected chi connectivity index (χ1v) is 16.7. The average molecular weight is 643 g/mol. The number of rotatable bonds is 6. The van der Waals surface area contributed by atoms with E-state index in [0.717, 1.165) is 56.1 Å². The molecular weight excluding hydrogens is 616 g/mol. The lowest BCUT2D eigenvalue weighted by molar-refractivity contribution is 0.669. The second kappa shape index (κ2) is 11.4. The molecule has 0 saturated heterocycles. The van der Waals surface area contributed by atoms with Crippen molar-refractivity contribution in [2.75, 3.05) is 9.80 Å². The minimum atomic E-state index is 0.611. The Balaban J connectivity index is 1.30. The first kappa shape index (κ1) is 27.7. The highest BCUT2D eigenvalue weighted by atomic mass is 35.5. The summed E-state index contributed by atoms with van der Waals surface area (Å²) in [5, 5.41) is 5.19.